The van der Waals surface area contributed by atoms with Crippen molar-refractivity contribution >= 4 is 16.9 Å². The molecule has 2 heterocycles. The Morgan fingerprint density at radius 3 is 3.19 bits per heavy atom. The van der Waals surface area contributed by atoms with E-state index in [0.29, 0.717) is 29.9 Å². The van der Waals surface area contributed by atoms with Crippen LogP contribution in [-0.4, -0.2) is 29.7 Å². The van der Waals surface area contributed by atoms with Crippen molar-refractivity contribution in [2.75, 3.05) is 6.54 Å². The molecule has 1 aliphatic carbocycles. The molecule has 1 aliphatic heterocycles. The highest BCUT2D eigenvalue weighted by Crippen LogP contribution is 2.34. The van der Waals surface area contributed by atoms with Gasteiger partial charge < -0.3 is 15.2 Å². The fourth-order valence-electron chi connectivity index (χ4n) is 3.77. The second kappa shape index (κ2) is 5.15. The Morgan fingerprint density at radius 2 is 2.29 bits per heavy atom. The predicted molar refractivity (Wildman–Crippen MR) is 79.0 cm³/mol. The lowest BCUT2D eigenvalue weighted by Crippen LogP contribution is -2.39. The topological polar surface area (TPSA) is 67.2 Å². The molecule has 0 radical (unpaired) electrons. The first-order chi connectivity index (χ1) is 10.3. The molecule has 110 valence electrons. The van der Waals surface area contributed by atoms with Crippen LogP contribution in [0, 0.1) is 5.92 Å². The third-order valence-electron chi connectivity index (χ3n) is 4.80. The highest BCUT2D eigenvalue weighted by atomic mass is 16.5. The molecule has 0 unspecified atom stereocenters. The molecule has 1 aromatic heterocycles. The summed E-state index contributed by atoms with van der Waals surface area (Å²) < 4.78 is 5.18. The Morgan fingerprint density at radius 1 is 1.38 bits per heavy atom. The van der Waals surface area contributed by atoms with Gasteiger partial charge in [0.1, 0.15) is 0 Å². The number of nitrogens with one attached hydrogen (secondary N) is 2. The minimum atomic E-state index is -0.154. The average molecular weight is 285 g/mol. The van der Waals surface area contributed by atoms with Crippen molar-refractivity contribution in [3.8, 4) is 0 Å². The summed E-state index contributed by atoms with van der Waals surface area (Å²) in [4.78, 5) is 12.3. The molecule has 0 spiro atoms. The van der Waals surface area contributed by atoms with Crippen LogP contribution >= 0.6 is 0 Å². The lowest BCUT2D eigenvalue weighted by atomic mass is 10.0. The summed E-state index contributed by atoms with van der Waals surface area (Å²) in [6, 6.07) is 8.49. The molecular weight excluding hydrogens is 266 g/mol. The van der Waals surface area contributed by atoms with Crippen molar-refractivity contribution < 1.29 is 9.32 Å². The van der Waals surface area contributed by atoms with E-state index in [9.17, 15) is 4.79 Å². The van der Waals surface area contributed by atoms with Gasteiger partial charge in [0.25, 0.3) is 5.91 Å². The number of para-hydroxylation sites is 1. The number of rotatable bonds is 3. The van der Waals surface area contributed by atoms with E-state index in [-0.39, 0.29) is 5.91 Å². The van der Waals surface area contributed by atoms with Crippen LogP contribution in [0.25, 0.3) is 11.0 Å². The minimum absolute atomic E-state index is 0.154. The second-order valence-electron chi connectivity index (χ2n) is 6.13. The van der Waals surface area contributed by atoms with E-state index in [0.717, 1.165) is 11.3 Å². The summed E-state index contributed by atoms with van der Waals surface area (Å²) in [5.41, 5.74) is 1.03. The monoisotopic (exact) mass is 285 g/mol. The van der Waals surface area contributed by atoms with Crippen LogP contribution in [0.4, 0.5) is 0 Å². The first-order valence-electron chi connectivity index (χ1n) is 7.70. The highest BCUT2D eigenvalue weighted by molar-refractivity contribution is 6.03. The molecule has 21 heavy (non-hydrogen) atoms. The van der Waals surface area contributed by atoms with Gasteiger partial charge in [0.05, 0.1) is 5.39 Å². The quantitative estimate of drug-likeness (QED) is 0.906. The fourth-order valence-corrected chi connectivity index (χ4v) is 3.77. The molecule has 1 saturated carbocycles. The van der Waals surface area contributed by atoms with Gasteiger partial charge >= 0.3 is 0 Å². The Hall–Kier alpha value is -1.88. The molecule has 1 saturated heterocycles. The number of hydrogen-bond acceptors (Lipinski definition) is 4. The van der Waals surface area contributed by atoms with Crippen LogP contribution in [0.15, 0.2) is 28.8 Å². The van der Waals surface area contributed by atoms with Crippen LogP contribution < -0.4 is 10.6 Å². The van der Waals surface area contributed by atoms with Crippen molar-refractivity contribution in [2.24, 2.45) is 5.92 Å². The number of amides is 1. The van der Waals surface area contributed by atoms with Gasteiger partial charge in [-0.3, -0.25) is 4.79 Å². The minimum Gasteiger partial charge on any atom is -0.355 e. The van der Waals surface area contributed by atoms with Crippen molar-refractivity contribution in [2.45, 2.75) is 37.8 Å². The van der Waals surface area contributed by atoms with E-state index in [1.54, 1.807) is 0 Å². The van der Waals surface area contributed by atoms with Crippen LogP contribution in [-0.2, 0) is 0 Å². The Kier molecular flexibility index (Phi) is 3.15. The van der Waals surface area contributed by atoms with E-state index in [1.165, 1.54) is 25.7 Å². The van der Waals surface area contributed by atoms with E-state index in [1.807, 2.05) is 24.3 Å². The van der Waals surface area contributed by atoms with Crippen molar-refractivity contribution in [1.82, 2.24) is 15.8 Å². The summed E-state index contributed by atoms with van der Waals surface area (Å²) in [7, 11) is 0. The predicted octanol–water partition coefficient (Wildman–Crippen LogP) is 2.09. The first-order valence-corrected chi connectivity index (χ1v) is 7.70. The SMILES string of the molecule is O=C(NC[C@@H]1C[C@@H]2CCC[C@@H]2N1)c1noc2ccccc12. The number of nitrogens with zero attached hydrogens (tertiary/aromatic N) is 1. The number of carbonyl (C=O) groups is 1. The van der Waals surface area contributed by atoms with Crippen molar-refractivity contribution in [3.63, 3.8) is 0 Å². The van der Waals surface area contributed by atoms with E-state index in [2.05, 4.69) is 15.8 Å². The van der Waals surface area contributed by atoms with Crippen molar-refractivity contribution in [1.29, 1.82) is 0 Å². The summed E-state index contributed by atoms with van der Waals surface area (Å²) >= 11 is 0. The molecular formula is C16H19N3O2. The molecule has 2 aromatic rings. The summed E-state index contributed by atoms with van der Waals surface area (Å²) in [5, 5.41) is 11.3. The lowest BCUT2D eigenvalue weighted by molar-refractivity contribution is 0.0942. The fraction of sp³-hybridized carbons (Fsp3) is 0.500. The third-order valence-corrected chi connectivity index (χ3v) is 4.80. The van der Waals surface area contributed by atoms with Gasteiger partial charge in [-0.1, -0.05) is 23.7 Å². The summed E-state index contributed by atoms with van der Waals surface area (Å²) in [5.74, 6) is 0.651. The molecule has 3 atom stereocenters. The summed E-state index contributed by atoms with van der Waals surface area (Å²) in [6.07, 6.45) is 5.12. The maximum Gasteiger partial charge on any atom is 0.274 e. The molecule has 2 fully saturated rings. The second-order valence-corrected chi connectivity index (χ2v) is 6.13. The number of benzene rings is 1. The number of hydrogen-bond donors (Lipinski definition) is 2. The third kappa shape index (κ3) is 2.31. The van der Waals surface area contributed by atoms with Gasteiger partial charge in [0.2, 0.25) is 0 Å². The Bertz CT molecular complexity index is 654. The zero-order valence-corrected chi connectivity index (χ0v) is 11.8. The van der Waals surface area contributed by atoms with E-state index < -0.39 is 0 Å². The maximum absolute atomic E-state index is 12.3. The zero-order valence-electron chi connectivity index (χ0n) is 11.8. The highest BCUT2D eigenvalue weighted by Gasteiger charge is 2.36. The zero-order chi connectivity index (χ0) is 14.2. The van der Waals surface area contributed by atoms with Gasteiger partial charge in [-0.2, -0.15) is 0 Å². The van der Waals surface area contributed by atoms with Crippen LogP contribution in [0.2, 0.25) is 0 Å². The Balaban J connectivity index is 1.40. The van der Waals surface area contributed by atoms with E-state index >= 15 is 0 Å². The van der Waals surface area contributed by atoms with Gasteiger partial charge in [0.15, 0.2) is 11.3 Å². The lowest BCUT2D eigenvalue weighted by Gasteiger charge is -2.13. The normalized spacial score (nSPS) is 27.9. The van der Waals surface area contributed by atoms with Crippen LogP contribution in [0.1, 0.15) is 36.2 Å². The maximum atomic E-state index is 12.3. The van der Waals surface area contributed by atoms with Crippen LogP contribution in [0.3, 0.4) is 0 Å². The molecule has 1 aromatic carbocycles. The first kappa shape index (κ1) is 12.8. The summed E-state index contributed by atoms with van der Waals surface area (Å²) in [6.45, 7) is 0.660. The molecule has 5 nitrogen and oxygen atoms in total. The van der Waals surface area contributed by atoms with Gasteiger partial charge in [0, 0.05) is 18.6 Å². The van der Waals surface area contributed by atoms with Gasteiger partial charge in [-0.15, -0.1) is 0 Å². The van der Waals surface area contributed by atoms with Gasteiger partial charge in [-0.05, 0) is 37.3 Å². The average Bonchev–Trinajstić information content (AvgIpc) is 3.18. The Labute approximate surface area is 123 Å². The van der Waals surface area contributed by atoms with E-state index in [4.69, 9.17) is 4.52 Å². The number of aromatic nitrogens is 1. The molecule has 5 heteroatoms. The van der Waals surface area contributed by atoms with Gasteiger partial charge in [-0.25, -0.2) is 0 Å². The smallest absolute Gasteiger partial charge is 0.274 e. The standard InChI is InChI=1S/C16H19N3O2/c20-16(15-12-5-1-2-7-14(12)21-19-15)17-9-11-8-10-4-3-6-13(10)18-11/h1-2,5,7,10-11,13,18H,3-4,6,8-9H2,(H,17,20)/t10-,11-,13-/m0/s1. The number of carbonyl (C=O) groups excluding carboxylic acids is 1. The molecule has 1 amide bonds. The largest absolute Gasteiger partial charge is 0.355 e. The van der Waals surface area contributed by atoms with Crippen LogP contribution in [0.5, 0.6) is 0 Å². The molecule has 2 N–H and O–H groups in total. The molecule has 2 aliphatic rings. The number of fused-ring (bicyclic) bond motifs is 2. The molecule has 0 bridgehead atoms. The van der Waals surface area contributed by atoms with Crippen molar-refractivity contribution in [3.05, 3.63) is 30.0 Å². The molecule has 4 rings (SSSR count).